The van der Waals surface area contributed by atoms with Gasteiger partial charge in [-0.05, 0) is 50.2 Å². The number of furan rings is 1. The molecule has 0 radical (unpaired) electrons. The van der Waals surface area contributed by atoms with E-state index in [2.05, 4.69) is 10.3 Å². The van der Waals surface area contributed by atoms with Crippen molar-refractivity contribution in [1.29, 1.82) is 0 Å². The van der Waals surface area contributed by atoms with E-state index in [1.165, 1.54) is 39.9 Å². The van der Waals surface area contributed by atoms with E-state index in [1.54, 1.807) is 0 Å². The summed E-state index contributed by atoms with van der Waals surface area (Å²) in [7, 11) is -3.67. The van der Waals surface area contributed by atoms with Crippen LogP contribution in [0.25, 0.3) is 22.4 Å². The highest BCUT2D eigenvalue weighted by Crippen LogP contribution is 2.30. The number of para-hydroxylation sites is 1. The summed E-state index contributed by atoms with van der Waals surface area (Å²) >= 11 is 1.29. The van der Waals surface area contributed by atoms with Crippen LogP contribution in [0, 0.1) is 0 Å². The number of fused-ring (bicyclic) bond motifs is 1. The zero-order valence-electron chi connectivity index (χ0n) is 18.6. The number of nitrogens with one attached hydrogen (secondary N) is 1. The minimum atomic E-state index is -3.67. The second-order valence-corrected chi connectivity index (χ2v) is 11.0. The van der Waals surface area contributed by atoms with Crippen molar-refractivity contribution in [2.75, 3.05) is 18.4 Å². The van der Waals surface area contributed by atoms with E-state index in [9.17, 15) is 13.2 Å². The Labute approximate surface area is 201 Å². The standard InChI is InChI=1S/C24H23N3O5S2/c1-15-12-27(13-16(2)31-15)34(29,30)19-9-7-17(8-10-19)23(28)26-24-25-20(14-33-24)22-11-18-5-3-4-6-21(18)32-22/h3-11,14-16H,12-13H2,1-2H3,(H,25,26,28)/t15-,16+. The molecule has 0 aliphatic carbocycles. The van der Waals surface area contributed by atoms with Gasteiger partial charge in [-0.15, -0.1) is 11.3 Å². The SMILES string of the molecule is C[C@@H]1CN(S(=O)(=O)c2ccc(C(=O)Nc3nc(-c4cc5ccccc5o4)cs3)cc2)C[C@H](C)O1. The maximum absolute atomic E-state index is 13.0. The van der Waals surface area contributed by atoms with Crippen LogP contribution in [-0.2, 0) is 14.8 Å². The topological polar surface area (TPSA) is 102 Å². The van der Waals surface area contributed by atoms with Gasteiger partial charge in [0.05, 0.1) is 17.1 Å². The van der Waals surface area contributed by atoms with Gasteiger partial charge in [-0.1, -0.05) is 18.2 Å². The van der Waals surface area contributed by atoms with Crippen LogP contribution in [0.15, 0.2) is 69.3 Å². The van der Waals surface area contributed by atoms with Gasteiger partial charge in [-0.2, -0.15) is 4.31 Å². The van der Waals surface area contributed by atoms with Gasteiger partial charge < -0.3 is 9.15 Å². The number of ether oxygens (including phenoxy) is 1. The number of carbonyl (C=O) groups excluding carboxylic acids is 1. The number of rotatable bonds is 5. The summed E-state index contributed by atoms with van der Waals surface area (Å²) in [4.78, 5) is 17.3. The van der Waals surface area contributed by atoms with Crippen LogP contribution < -0.4 is 5.32 Å². The van der Waals surface area contributed by atoms with Crippen molar-refractivity contribution in [2.45, 2.75) is 31.0 Å². The molecule has 2 atom stereocenters. The van der Waals surface area contributed by atoms with Crippen LogP contribution in [-0.4, -0.2) is 48.9 Å². The fraction of sp³-hybridized carbons (Fsp3) is 0.250. The maximum atomic E-state index is 13.0. The van der Waals surface area contributed by atoms with Gasteiger partial charge in [0.15, 0.2) is 10.9 Å². The Hall–Kier alpha value is -3.05. The molecule has 176 valence electrons. The molecule has 1 aliphatic rings. The molecule has 1 saturated heterocycles. The Bertz CT molecular complexity index is 1400. The average molecular weight is 498 g/mol. The minimum absolute atomic E-state index is 0.145. The summed E-state index contributed by atoms with van der Waals surface area (Å²) < 4.78 is 38.9. The third-order valence-corrected chi connectivity index (χ3v) is 8.15. The lowest BCUT2D eigenvalue weighted by Crippen LogP contribution is -2.48. The molecule has 0 bridgehead atoms. The average Bonchev–Trinajstić information content (AvgIpc) is 3.45. The highest BCUT2D eigenvalue weighted by Gasteiger charge is 2.32. The number of benzene rings is 2. The Balaban J connectivity index is 1.28. The first-order valence-electron chi connectivity index (χ1n) is 10.8. The largest absolute Gasteiger partial charge is 0.454 e. The van der Waals surface area contributed by atoms with E-state index in [0.717, 1.165) is 11.0 Å². The second-order valence-electron chi connectivity index (χ2n) is 8.24. The lowest BCUT2D eigenvalue weighted by Gasteiger charge is -2.34. The number of hydrogen-bond donors (Lipinski definition) is 1. The van der Waals surface area contributed by atoms with Crippen molar-refractivity contribution in [1.82, 2.24) is 9.29 Å². The van der Waals surface area contributed by atoms with E-state index >= 15 is 0 Å². The van der Waals surface area contributed by atoms with Crippen LogP contribution in [0.5, 0.6) is 0 Å². The quantitative estimate of drug-likeness (QED) is 0.432. The number of hydrogen-bond acceptors (Lipinski definition) is 7. The zero-order valence-corrected chi connectivity index (χ0v) is 20.2. The van der Waals surface area contributed by atoms with E-state index in [4.69, 9.17) is 9.15 Å². The van der Waals surface area contributed by atoms with Crippen molar-refractivity contribution in [3.05, 3.63) is 65.5 Å². The Morgan fingerprint density at radius 3 is 2.50 bits per heavy atom. The predicted molar refractivity (Wildman–Crippen MR) is 130 cm³/mol. The van der Waals surface area contributed by atoms with Crippen LogP contribution in [0.2, 0.25) is 0 Å². The molecule has 4 aromatic rings. The molecular formula is C24H23N3O5S2. The number of morpholine rings is 1. The van der Waals surface area contributed by atoms with Crippen LogP contribution in [0.3, 0.4) is 0 Å². The van der Waals surface area contributed by atoms with Gasteiger partial charge in [0, 0.05) is 29.4 Å². The van der Waals surface area contributed by atoms with Crippen molar-refractivity contribution >= 4 is 43.4 Å². The summed E-state index contributed by atoms with van der Waals surface area (Å²) in [6.45, 7) is 4.30. The normalized spacial score (nSPS) is 19.4. The van der Waals surface area contributed by atoms with Gasteiger partial charge in [-0.3, -0.25) is 10.1 Å². The number of anilines is 1. The summed E-state index contributed by atoms with van der Waals surface area (Å²) in [5, 5.41) is 5.98. The number of sulfonamides is 1. The highest BCUT2D eigenvalue weighted by atomic mass is 32.2. The maximum Gasteiger partial charge on any atom is 0.257 e. The molecule has 1 fully saturated rings. The molecular weight excluding hydrogens is 474 g/mol. The van der Waals surface area contributed by atoms with E-state index in [0.29, 0.717) is 35.2 Å². The number of nitrogens with zero attached hydrogens (tertiary/aromatic N) is 2. The molecule has 2 aromatic carbocycles. The van der Waals surface area contributed by atoms with Gasteiger partial charge >= 0.3 is 0 Å². The Morgan fingerprint density at radius 1 is 1.09 bits per heavy atom. The van der Waals surface area contributed by atoms with Gasteiger partial charge in [0.2, 0.25) is 10.0 Å². The number of thiazole rings is 1. The Morgan fingerprint density at radius 2 is 1.79 bits per heavy atom. The molecule has 5 rings (SSSR count). The molecule has 0 spiro atoms. The zero-order chi connectivity index (χ0) is 23.9. The van der Waals surface area contributed by atoms with E-state index in [1.807, 2.05) is 49.6 Å². The molecule has 1 aliphatic heterocycles. The molecule has 1 N–H and O–H groups in total. The predicted octanol–water partition coefficient (Wildman–Crippen LogP) is 4.61. The lowest BCUT2D eigenvalue weighted by molar-refractivity contribution is -0.0440. The third kappa shape index (κ3) is 4.49. The molecule has 34 heavy (non-hydrogen) atoms. The number of carbonyl (C=O) groups is 1. The van der Waals surface area contributed by atoms with Crippen LogP contribution in [0.1, 0.15) is 24.2 Å². The first-order valence-corrected chi connectivity index (χ1v) is 13.1. The first-order chi connectivity index (χ1) is 16.3. The number of aromatic nitrogens is 1. The summed E-state index contributed by atoms with van der Waals surface area (Å²) in [5.74, 6) is 0.252. The molecule has 10 heteroatoms. The highest BCUT2D eigenvalue weighted by molar-refractivity contribution is 7.89. The van der Waals surface area contributed by atoms with E-state index < -0.39 is 10.0 Å². The molecule has 2 aromatic heterocycles. The van der Waals surface area contributed by atoms with Gasteiger partial charge in [-0.25, -0.2) is 13.4 Å². The van der Waals surface area contributed by atoms with Crippen molar-refractivity contribution in [2.24, 2.45) is 0 Å². The van der Waals surface area contributed by atoms with E-state index in [-0.39, 0.29) is 23.0 Å². The molecule has 0 unspecified atom stereocenters. The fourth-order valence-corrected chi connectivity index (χ4v) is 6.26. The second kappa shape index (κ2) is 8.95. The number of amides is 1. The van der Waals surface area contributed by atoms with Crippen molar-refractivity contribution in [3.8, 4) is 11.5 Å². The molecule has 3 heterocycles. The minimum Gasteiger partial charge on any atom is -0.454 e. The fourth-order valence-electron chi connectivity index (χ4n) is 3.98. The van der Waals surface area contributed by atoms with Crippen molar-refractivity contribution < 1.29 is 22.4 Å². The van der Waals surface area contributed by atoms with Crippen molar-refractivity contribution in [3.63, 3.8) is 0 Å². The first kappa shape index (κ1) is 22.7. The third-order valence-electron chi connectivity index (χ3n) is 5.54. The molecule has 0 saturated carbocycles. The lowest BCUT2D eigenvalue weighted by atomic mass is 10.2. The molecule has 1 amide bonds. The van der Waals surface area contributed by atoms with Crippen LogP contribution in [0.4, 0.5) is 5.13 Å². The Kier molecular flexibility index (Phi) is 5.98. The van der Waals surface area contributed by atoms with Gasteiger partial charge in [0.25, 0.3) is 5.91 Å². The monoisotopic (exact) mass is 497 g/mol. The smallest absolute Gasteiger partial charge is 0.257 e. The van der Waals surface area contributed by atoms with Crippen LogP contribution >= 0.6 is 11.3 Å². The molecule has 8 nitrogen and oxygen atoms in total. The summed E-state index contributed by atoms with van der Waals surface area (Å²) in [6.07, 6.45) is -0.349. The summed E-state index contributed by atoms with van der Waals surface area (Å²) in [6, 6.07) is 15.5. The summed E-state index contributed by atoms with van der Waals surface area (Å²) in [5.41, 5.74) is 1.74. The van der Waals surface area contributed by atoms with Gasteiger partial charge in [0.1, 0.15) is 11.3 Å².